The Morgan fingerprint density at radius 3 is 2.58 bits per heavy atom. The molecule has 8 nitrogen and oxygen atoms in total. The minimum atomic E-state index is -0.806. The topological polar surface area (TPSA) is 98.8 Å². The number of ether oxygens (including phenoxy) is 2. The highest BCUT2D eigenvalue weighted by atomic mass is 19.1. The number of primary amides is 1. The van der Waals surface area contributed by atoms with Gasteiger partial charge in [-0.05, 0) is 55.5 Å². The van der Waals surface area contributed by atoms with Crippen molar-refractivity contribution in [1.29, 1.82) is 0 Å². The lowest BCUT2D eigenvalue weighted by atomic mass is 10.0. The molecule has 1 aliphatic heterocycles. The van der Waals surface area contributed by atoms with Crippen LogP contribution in [0, 0.1) is 18.7 Å². The largest absolute Gasteiger partial charge is 0.497 e. The van der Waals surface area contributed by atoms with Crippen molar-refractivity contribution in [1.82, 2.24) is 4.57 Å². The number of carbonyl (C=O) groups is 1. The highest BCUT2D eigenvalue weighted by Gasteiger charge is 2.32. The fraction of sp³-hybridized carbons (Fsp3) is 0.407. The molecular weight excluding hydrogens is 463 g/mol. The summed E-state index contributed by atoms with van der Waals surface area (Å²) in [6.07, 6.45) is 1.83. The molecule has 0 radical (unpaired) electrons. The first-order valence-electron chi connectivity index (χ1n) is 12.3. The molecule has 9 heteroatoms. The maximum Gasteiger partial charge on any atom is 0.404 e. The zero-order valence-corrected chi connectivity index (χ0v) is 20.6. The van der Waals surface area contributed by atoms with Gasteiger partial charge in [0.1, 0.15) is 5.75 Å². The van der Waals surface area contributed by atoms with E-state index >= 15 is 4.39 Å². The lowest BCUT2D eigenvalue weighted by molar-refractivity contribution is 0.140. The number of aryl methyl sites for hydroxylation is 1. The van der Waals surface area contributed by atoms with Crippen molar-refractivity contribution in [3.05, 3.63) is 63.7 Å². The standard InChI is InChI=1S/C27H31FN4O4/c1-16-25-21(9-10-22(33)32(25)19-5-6-19)24(30-13-17-3-7-20(35-2)8-4-17)23(28)26(16)31-12-11-18(14-31)15-36-27(29)34/h3-4,7-10,18-19,30H,5-6,11-15H2,1-2H3,(H2,29,34). The summed E-state index contributed by atoms with van der Waals surface area (Å²) >= 11 is 0. The second-order valence-electron chi connectivity index (χ2n) is 9.63. The number of halogens is 1. The fourth-order valence-electron chi connectivity index (χ4n) is 5.20. The number of hydrogen-bond acceptors (Lipinski definition) is 6. The number of pyridine rings is 1. The van der Waals surface area contributed by atoms with Crippen molar-refractivity contribution < 1.29 is 18.7 Å². The Hall–Kier alpha value is -3.75. The van der Waals surface area contributed by atoms with Gasteiger partial charge in [0.2, 0.25) is 0 Å². The Labute approximate surface area is 208 Å². The van der Waals surface area contributed by atoms with Crippen LogP contribution in [0.5, 0.6) is 5.75 Å². The first-order valence-corrected chi connectivity index (χ1v) is 12.3. The minimum absolute atomic E-state index is 0.0594. The minimum Gasteiger partial charge on any atom is -0.497 e. The van der Waals surface area contributed by atoms with Crippen LogP contribution >= 0.6 is 0 Å². The van der Waals surface area contributed by atoms with E-state index in [1.807, 2.05) is 40.7 Å². The molecule has 2 aliphatic rings. The summed E-state index contributed by atoms with van der Waals surface area (Å²) in [5.41, 5.74) is 8.43. The van der Waals surface area contributed by atoms with Gasteiger partial charge >= 0.3 is 6.09 Å². The molecule has 2 heterocycles. The number of nitrogens with two attached hydrogens (primary N) is 1. The number of rotatable bonds is 8. The maximum absolute atomic E-state index is 16.3. The van der Waals surface area contributed by atoms with Gasteiger partial charge in [-0.15, -0.1) is 0 Å². The summed E-state index contributed by atoms with van der Waals surface area (Å²) in [6, 6.07) is 11.0. The van der Waals surface area contributed by atoms with Gasteiger partial charge in [0.05, 0.1) is 30.6 Å². The average Bonchev–Trinajstić information content (AvgIpc) is 3.60. The molecule has 1 amide bonds. The fourth-order valence-corrected chi connectivity index (χ4v) is 5.20. The highest BCUT2D eigenvalue weighted by molar-refractivity contribution is 5.98. The van der Waals surface area contributed by atoms with Crippen molar-refractivity contribution in [2.24, 2.45) is 11.7 Å². The van der Waals surface area contributed by atoms with Gasteiger partial charge in [-0.25, -0.2) is 9.18 Å². The van der Waals surface area contributed by atoms with Crippen molar-refractivity contribution in [2.75, 3.05) is 37.0 Å². The molecular formula is C27H31FN4O4. The molecule has 1 aliphatic carbocycles. The van der Waals surface area contributed by atoms with Crippen LogP contribution in [0.1, 0.15) is 36.4 Å². The zero-order valence-electron chi connectivity index (χ0n) is 20.6. The third kappa shape index (κ3) is 4.57. The Bertz CT molecular complexity index is 1350. The number of amides is 1. The first-order chi connectivity index (χ1) is 17.4. The number of hydrogen-bond donors (Lipinski definition) is 2. The van der Waals surface area contributed by atoms with Gasteiger partial charge in [-0.3, -0.25) is 4.79 Å². The van der Waals surface area contributed by atoms with Gasteiger partial charge in [-0.2, -0.15) is 0 Å². The summed E-state index contributed by atoms with van der Waals surface area (Å²) in [5, 5.41) is 4.01. The molecule has 0 bridgehead atoms. The Balaban J connectivity index is 1.56. The van der Waals surface area contributed by atoms with Crippen molar-refractivity contribution in [3.63, 3.8) is 0 Å². The van der Waals surface area contributed by atoms with Crippen LogP contribution in [0.3, 0.4) is 0 Å². The number of methoxy groups -OCH3 is 1. The molecule has 1 unspecified atom stereocenters. The molecule has 2 fully saturated rings. The summed E-state index contributed by atoms with van der Waals surface area (Å²) in [7, 11) is 1.62. The quantitative estimate of drug-likeness (QED) is 0.484. The van der Waals surface area contributed by atoms with E-state index in [1.54, 1.807) is 13.2 Å². The van der Waals surface area contributed by atoms with Crippen molar-refractivity contribution in [2.45, 2.75) is 38.8 Å². The SMILES string of the molecule is COc1ccc(CNc2c(F)c(N3CCC(COC(N)=O)C3)c(C)c3c2ccc(=O)n3C2CC2)cc1. The summed E-state index contributed by atoms with van der Waals surface area (Å²) in [5.74, 6) is 0.473. The van der Waals surface area contributed by atoms with E-state index < -0.39 is 6.09 Å². The molecule has 1 saturated carbocycles. The second kappa shape index (κ2) is 9.72. The second-order valence-corrected chi connectivity index (χ2v) is 9.63. The number of aromatic nitrogens is 1. The van der Waals surface area contributed by atoms with Crippen molar-refractivity contribution >= 4 is 28.4 Å². The van der Waals surface area contributed by atoms with E-state index in [0.29, 0.717) is 36.4 Å². The van der Waals surface area contributed by atoms with Crippen LogP contribution in [-0.4, -0.2) is 37.5 Å². The summed E-state index contributed by atoms with van der Waals surface area (Å²) in [4.78, 5) is 25.9. The van der Waals surface area contributed by atoms with E-state index in [4.69, 9.17) is 15.2 Å². The average molecular weight is 495 g/mol. The smallest absolute Gasteiger partial charge is 0.404 e. The van der Waals surface area contributed by atoms with Crippen LogP contribution < -0.4 is 26.2 Å². The Kier molecular flexibility index (Phi) is 6.47. The number of benzene rings is 2. The summed E-state index contributed by atoms with van der Waals surface area (Å²) in [6.45, 7) is 3.66. The molecule has 1 atom stereocenters. The number of fused-ring (bicyclic) bond motifs is 1. The molecule has 190 valence electrons. The van der Waals surface area contributed by atoms with Gasteiger partial charge in [0.15, 0.2) is 5.82 Å². The number of anilines is 2. The van der Waals surface area contributed by atoms with E-state index in [-0.39, 0.29) is 29.9 Å². The Morgan fingerprint density at radius 1 is 1.17 bits per heavy atom. The lowest BCUT2D eigenvalue weighted by Gasteiger charge is -2.26. The molecule has 36 heavy (non-hydrogen) atoms. The maximum atomic E-state index is 16.3. The normalized spacial score (nSPS) is 17.4. The van der Waals surface area contributed by atoms with Crippen LogP contribution in [-0.2, 0) is 11.3 Å². The van der Waals surface area contributed by atoms with Crippen molar-refractivity contribution in [3.8, 4) is 5.75 Å². The highest BCUT2D eigenvalue weighted by Crippen LogP contribution is 2.43. The van der Waals surface area contributed by atoms with E-state index in [0.717, 1.165) is 41.7 Å². The molecule has 1 saturated heterocycles. The van der Waals surface area contributed by atoms with Crippen LogP contribution in [0.25, 0.3) is 10.9 Å². The number of nitrogens with one attached hydrogen (secondary N) is 1. The Morgan fingerprint density at radius 2 is 1.92 bits per heavy atom. The van der Waals surface area contributed by atoms with E-state index in [9.17, 15) is 9.59 Å². The lowest BCUT2D eigenvalue weighted by Crippen LogP contribution is -2.26. The van der Waals surface area contributed by atoms with Crippen LogP contribution in [0.4, 0.5) is 20.6 Å². The monoisotopic (exact) mass is 494 g/mol. The predicted octanol–water partition coefficient (Wildman–Crippen LogP) is 4.33. The van der Waals surface area contributed by atoms with Gasteiger partial charge in [0.25, 0.3) is 5.56 Å². The molecule has 5 rings (SSSR count). The third-order valence-corrected chi connectivity index (χ3v) is 7.14. The number of carbonyl (C=O) groups excluding carboxylic acids is 1. The van der Waals surface area contributed by atoms with E-state index in [2.05, 4.69) is 5.32 Å². The number of nitrogens with zero attached hydrogens (tertiary/aromatic N) is 2. The first kappa shape index (κ1) is 24.0. The van der Waals surface area contributed by atoms with Gasteiger partial charge < -0.3 is 30.0 Å². The molecule has 3 N–H and O–H groups in total. The molecule has 3 aromatic rings. The van der Waals surface area contributed by atoms with Crippen LogP contribution in [0.2, 0.25) is 0 Å². The van der Waals surface area contributed by atoms with Gasteiger partial charge in [-0.1, -0.05) is 12.1 Å². The molecule has 1 aromatic heterocycles. The van der Waals surface area contributed by atoms with E-state index in [1.165, 1.54) is 6.07 Å². The third-order valence-electron chi connectivity index (χ3n) is 7.14. The van der Waals surface area contributed by atoms with Gasteiger partial charge in [0, 0.05) is 43.0 Å². The summed E-state index contributed by atoms with van der Waals surface area (Å²) < 4.78 is 28.4. The zero-order chi connectivity index (χ0) is 25.4. The molecule has 2 aromatic carbocycles. The predicted molar refractivity (Wildman–Crippen MR) is 137 cm³/mol. The molecule has 0 spiro atoms. The van der Waals surface area contributed by atoms with Crippen LogP contribution in [0.15, 0.2) is 41.2 Å².